The number of anilines is 1. The van der Waals surface area contributed by atoms with E-state index in [2.05, 4.69) is 10.3 Å². The first-order valence-electron chi connectivity index (χ1n) is 12.7. The maximum absolute atomic E-state index is 12.8. The lowest BCUT2D eigenvalue weighted by atomic mass is 10.1. The van der Waals surface area contributed by atoms with Crippen molar-refractivity contribution in [1.82, 2.24) is 4.57 Å². The molecule has 1 N–H and O–H groups in total. The van der Waals surface area contributed by atoms with Crippen LogP contribution in [0, 0.1) is 6.92 Å². The van der Waals surface area contributed by atoms with E-state index >= 15 is 0 Å². The molecular formula is C26H31N3O9S3. The highest BCUT2D eigenvalue weighted by Gasteiger charge is 2.29. The SMILES string of the molecule is CCOCCn1c(=NC(=O)CS(=O)(=O)CC(=O)Nc2sc(C(=O)OCC)c(C)c2C(=O)OCC)sc2ccccc21. The first-order chi connectivity index (χ1) is 19.5. The van der Waals surface area contributed by atoms with Crippen LogP contribution < -0.4 is 10.1 Å². The van der Waals surface area contributed by atoms with E-state index in [1.807, 2.05) is 31.2 Å². The summed E-state index contributed by atoms with van der Waals surface area (Å²) in [6.07, 6.45) is 0. The van der Waals surface area contributed by atoms with Gasteiger partial charge in [-0.2, -0.15) is 4.99 Å². The van der Waals surface area contributed by atoms with Crippen LogP contribution in [0.25, 0.3) is 10.2 Å². The van der Waals surface area contributed by atoms with Gasteiger partial charge in [0.1, 0.15) is 21.4 Å². The molecule has 0 fully saturated rings. The van der Waals surface area contributed by atoms with Gasteiger partial charge in [0.15, 0.2) is 14.6 Å². The van der Waals surface area contributed by atoms with Gasteiger partial charge in [0, 0.05) is 13.2 Å². The number of carbonyl (C=O) groups excluding carboxylic acids is 4. The summed E-state index contributed by atoms with van der Waals surface area (Å²) in [5, 5.41) is 2.32. The van der Waals surface area contributed by atoms with Crippen LogP contribution in [0.1, 0.15) is 46.4 Å². The number of benzene rings is 1. The summed E-state index contributed by atoms with van der Waals surface area (Å²) in [5.74, 6) is -5.45. The zero-order valence-electron chi connectivity index (χ0n) is 23.1. The second kappa shape index (κ2) is 14.5. The van der Waals surface area contributed by atoms with Gasteiger partial charge in [-0.3, -0.25) is 9.59 Å². The van der Waals surface area contributed by atoms with E-state index in [4.69, 9.17) is 14.2 Å². The summed E-state index contributed by atoms with van der Waals surface area (Å²) >= 11 is 2.01. The Kier molecular flexibility index (Phi) is 11.3. The van der Waals surface area contributed by atoms with Gasteiger partial charge in [0.05, 0.1) is 35.6 Å². The Balaban J connectivity index is 1.79. The van der Waals surface area contributed by atoms with Crippen LogP contribution in [0.4, 0.5) is 5.00 Å². The topological polar surface area (TPSA) is 159 Å². The molecule has 222 valence electrons. The highest BCUT2D eigenvalue weighted by Crippen LogP contribution is 2.34. The first-order valence-corrected chi connectivity index (χ1v) is 16.2. The molecule has 0 aliphatic carbocycles. The van der Waals surface area contributed by atoms with Crippen molar-refractivity contribution in [3.8, 4) is 0 Å². The maximum Gasteiger partial charge on any atom is 0.348 e. The molecule has 0 saturated carbocycles. The number of aromatic nitrogens is 1. The molecule has 0 spiro atoms. The van der Waals surface area contributed by atoms with Crippen LogP contribution in [0.15, 0.2) is 29.3 Å². The molecule has 0 saturated heterocycles. The summed E-state index contributed by atoms with van der Waals surface area (Å²) in [5.41, 5.74) is 0.995. The number of fused-ring (bicyclic) bond motifs is 1. The predicted molar refractivity (Wildman–Crippen MR) is 155 cm³/mol. The Morgan fingerprint density at radius 3 is 2.32 bits per heavy atom. The van der Waals surface area contributed by atoms with E-state index in [9.17, 15) is 27.6 Å². The Morgan fingerprint density at radius 2 is 1.63 bits per heavy atom. The number of hydrogen-bond acceptors (Lipinski definition) is 11. The van der Waals surface area contributed by atoms with E-state index in [1.54, 1.807) is 18.4 Å². The van der Waals surface area contributed by atoms with Crippen LogP contribution in [0.5, 0.6) is 0 Å². The lowest BCUT2D eigenvalue weighted by Crippen LogP contribution is -2.28. The number of nitrogens with one attached hydrogen (secondary N) is 1. The third-order valence-electron chi connectivity index (χ3n) is 5.51. The normalized spacial score (nSPS) is 12.0. The van der Waals surface area contributed by atoms with Crippen molar-refractivity contribution in [3.05, 3.63) is 45.1 Å². The third-order valence-corrected chi connectivity index (χ3v) is 9.14. The molecule has 2 amide bonds. The fraction of sp³-hybridized carbons (Fsp3) is 0.423. The van der Waals surface area contributed by atoms with Gasteiger partial charge in [0.2, 0.25) is 5.91 Å². The van der Waals surface area contributed by atoms with Crippen molar-refractivity contribution >= 4 is 71.5 Å². The highest BCUT2D eigenvalue weighted by atomic mass is 32.2. The second-order valence-electron chi connectivity index (χ2n) is 8.49. The summed E-state index contributed by atoms with van der Waals surface area (Å²) in [7, 11) is -4.24. The number of amides is 2. The standard InChI is InChI=1S/C26H31N3O9S3/c1-5-36-13-12-29-17-10-8-9-11-18(17)39-26(29)28-20(31)15-41(34,35)14-19(30)27-23-21(24(32)37-6-2)16(4)22(40-23)25(33)38-7-3/h8-11H,5-7,12-15H2,1-4H3,(H,27,30). The number of para-hydroxylation sites is 1. The summed E-state index contributed by atoms with van der Waals surface area (Å²) in [4.78, 5) is 54.7. The minimum Gasteiger partial charge on any atom is -0.462 e. The number of ether oxygens (including phenoxy) is 3. The summed E-state index contributed by atoms with van der Waals surface area (Å²) in [6, 6.07) is 7.43. The minimum absolute atomic E-state index is 0.0433. The number of rotatable bonds is 13. The van der Waals surface area contributed by atoms with Crippen LogP contribution in [0.3, 0.4) is 0 Å². The van der Waals surface area contributed by atoms with Crippen LogP contribution in [-0.2, 0) is 40.2 Å². The molecule has 0 atom stereocenters. The molecule has 2 aromatic heterocycles. The van der Waals surface area contributed by atoms with Gasteiger partial charge in [-0.1, -0.05) is 23.5 Å². The molecule has 0 bridgehead atoms. The fourth-order valence-electron chi connectivity index (χ4n) is 3.80. The lowest BCUT2D eigenvalue weighted by molar-refractivity contribution is -0.115. The fourth-order valence-corrected chi connectivity index (χ4v) is 7.00. The highest BCUT2D eigenvalue weighted by molar-refractivity contribution is 7.92. The second-order valence-corrected chi connectivity index (χ2v) is 12.6. The molecule has 2 heterocycles. The lowest BCUT2D eigenvalue weighted by Gasteiger charge is -2.07. The molecule has 3 rings (SSSR count). The predicted octanol–water partition coefficient (Wildman–Crippen LogP) is 2.94. The number of hydrogen-bond donors (Lipinski definition) is 1. The average molecular weight is 626 g/mol. The number of nitrogens with zero attached hydrogens (tertiary/aromatic N) is 2. The maximum atomic E-state index is 12.8. The van der Waals surface area contributed by atoms with Crippen molar-refractivity contribution in [2.45, 2.75) is 34.2 Å². The van der Waals surface area contributed by atoms with E-state index in [-0.39, 0.29) is 34.2 Å². The van der Waals surface area contributed by atoms with Gasteiger partial charge in [0.25, 0.3) is 5.91 Å². The van der Waals surface area contributed by atoms with Gasteiger partial charge < -0.3 is 24.1 Å². The quantitative estimate of drug-likeness (QED) is 0.223. The molecule has 0 unspecified atom stereocenters. The summed E-state index contributed by atoms with van der Waals surface area (Å²) < 4.78 is 43.6. The van der Waals surface area contributed by atoms with Gasteiger partial charge >= 0.3 is 11.9 Å². The monoisotopic (exact) mass is 625 g/mol. The van der Waals surface area contributed by atoms with Crippen molar-refractivity contribution in [2.24, 2.45) is 4.99 Å². The number of esters is 2. The first kappa shape index (κ1) is 32.1. The molecule has 41 heavy (non-hydrogen) atoms. The van der Waals surface area contributed by atoms with Crippen LogP contribution >= 0.6 is 22.7 Å². The zero-order chi connectivity index (χ0) is 30.2. The van der Waals surface area contributed by atoms with Crippen molar-refractivity contribution in [1.29, 1.82) is 0 Å². The van der Waals surface area contributed by atoms with E-state index < -0.39 is 45.1 Å². The minimum atomic E-state index is -4.24. The van der Waals surface area contributed by atoms with E-state index in [0.29, 0.717) is 24.6 Å². The van der Waals surface area contributed by atoms with Gasteiger partial charge in [-0.25, -0.2) is 18.0 Å². The molecule has 3 aromatic rings. The Hall–Kier alpha value is -3.40. The number of sulfone groups is 1. The molecule has 0 aliphatic heterocycles. The Labute approximate surface area is 244 Å². The smallest absolute Gasteiger partial charge is 0.348 e. The molecular weight excluding hydrogens is 594 g/mol. The van der Waals surface area contributed by atoms with Crippen molar-refractivity contribution in [2.75, 3.05) is 43.3 Å². The van der Waals surface area contributed by atoms with E-state index in [0.717, 1.165) is 21.6 Å². The van der Waals surface area contributed by atoms with Gasteiger partial charge in [-0.15, -0.1) is 11.3 Å². The number of thiazole rings is 1. The Bertz CT molecular complexity index is 1620. The van der Waals surface area contributed by atoms with Gasteiger partial charge in [-0.05, 0) is 45.4 Å². The zero-order valence-corrected chi connectivity index (χ0v) is 25.5. The molecule has 12 nitrogen and oxygen atoms in total. The molecule has 0 aliphatic rings. The van der Waals surface area contributed by atoms with Crippen molar-refractivity contribution in [3.63, 3.8) is 0 Å². The molecule has 15 heteroatoms. The van der Waals surface area contributed by atoms with E-state index in [1.165, 1.54) is 18.3 Å². The third kappa shape index (κ3) is 8.31. The molecule has 0 radical (unpaired) electrons. The summed E-state index contributed by atoms with van der Waals surface area (Å²) in [6.45, 7) is 8.03. The Morgan fingerprint density at radius 1 is 0.951 bits per heavy atom. The average Bonchev–Trinajstić information content (AvgIpc) is 3.40. The largest absolute Gasteiger partial charge is 0.462 e. The van der Waals surface area contributed by atoms with Crippen LogP contribution in [-0.4, -0.2) is 74.7 Å². The van der Waals surface area contributed by atoms with Crippen LogP contribution in [0.2, 0.25) is 0 Å². The number of thiophene rings is 1. The number of carbonyl (C=O) groups is 4. The van der Waals surface area contributed by atoms with Crippen molar-refractivity contribution < 1.29 is 41.8 Å². The molecule has 1 aromatic carbocycles.